The fourth-order valence-corrected chi connectivity index (χ4v) is 2.78. The van der Waals surface area contributed by atoms with Crippen LogP contribution in [0.3, 0.4) is 0 Å². The van der Waals surface area contributed by atoms with E-state index < -0.39 is 0 Å². The summed E-state index contributed by atoms with van der Waals surface area (Å²) in [6, 6.07) is 5.94. The number of para-hydroxylation sites is 1. The van der Waals surface area contributed by atoms with E-state index >= 15 is 0 Å². The Balaban J connectivity index is 0.00000220. The van der Waals surface area contributed by atoms with E-state index in [1.54, 1.807) is 13.2 Å². The molecule has 0 spiro atoms. The van der Waals surface area contributed by atoms with Gasteiger partial charge in [-0.1, -0.05) is 18.2 Å². The van der Waals surface area contributed by atoms with Crippen LogP contribution in [0.1, 0.15) is 24.4 Å². The van der Waals surface area contributed by atoms with Crippen molar-refractivity contribution < 1.29 is 9.84 Å². The van der Waals surface area contributed by atoms with Gasteiger partial charge in [-0.05, 0) is 18.9 Å². The second-order valence-corrected chi connectivity index (χ2v) is 5.07. The van der Waals surface area contributed by atoms with Crippen molar-refractivity contribution in [2.45, 2.75) is 18.9 Å². The molecule has 0 saturated carbocycles. The molecule has 1 atom stereocenters. The van der Waals surface area contributed by atoms with Gasteiger partial charge >= 0.3 is 0 Å². The fourth-order valence-electron chi connectivity index (χ4n) is 2.78. The molecule has 0 aliphatic carbocycles. The van der Waals surface area contributed by atoms with Gasteiger partial charge in [-0.3, -0.25) is 4.90 Å². The van der Waals surface area contributed by atoms with Gasteiger partial charge in [0, 0.05) is 37.8 Å². The van der Waals surface area contributed by atoms with Gasteiger partial charge in [0.25, 0.3) is 0 Å². The van der Waals surface area contributed by atoms with Crippen molar-refractivity contribution in [2.24, 2.45) is 0 Å². The smallest absolute Gasteiger partial charge is 0.162 e. The third kappa shape index (κ3) is 5.06. The summed E-state index contributed by atoms with van der Waals surface area (Å²) in [4.78, 5) is 2.43. The highest BCUT2D eigenvalue weighted by molar-refractivity contribution is 5.85. The molecule has 2 N–H and O–H groups in total. The molecular weight excluding hydrogens is 323 g/mol. The van der Waals surface area contributed by atoms with Gasteiger partial charge in [-0.15, -0.1) is 31.4 Å². The highest BCUT2D eigenvalue weighted by Crippen LogP contribution is 2.38. The first-order valence-electron chi connectivity index (χ1n) is 7.19. The summed E-state index contributed by atoms with van der Waals surface area (Å²) >= 11 is 0. The molecule has 4 nitrogen and oxygen atoms in total. The summed E-state index contributed by atoms with van der Waals surface area (Å²) in [6.45, 7) is 7.80. The number of phenolic OH excluding ortho intramolecular Hbond substituents is 1. The Morgan fingerprint density at radius 1 is 1.36 bits per heavy atom. The highest BCUT2D eigenvalue weighted by Gasteiger charge is 2.24. The summed E-state index contributed by atoms with van der Waals surface area (Å²) < 4.78 is 5.23. The summed E-state index contributed by atoms with van der Waals surface area (Å²) in [5.41, 5.74) is 0.952. The van der Waals surface area contributed by atoms with Crippen molar-refractivity contribution >= 4 is 24.8 Å². The van der Waals surface area contributed by atoms with Crippen LogP contribution in [0.5, 0.6) is 11.5 Å². The standard InChI is InChI=1S/C16H24N2O2.2ClH/c1-3-4-7-14(18-11-9-17-10-12-18)13-6-5-8-15(20-2)16(13)19;;/h3,5-6,8,14,17,19H,1,4,7,9-12H2,2H3;2*1H/t14-;;/m0../s1. The molecule has 22 heavy (non-hydrogen) atoms. The number of hydrogen-bond donors (Lipinski definition) is 2. The van der Waals surface area contributed by atoms with Gasteiger partial charge < -0.3 is 15.2 Å². The van der Waals surface area contributed by atoms with Crippen molar-refractivity contribution in [1.29, 1.82) is 0 Å². The normalized spacial score (nSPS) is 16.0. The Morgan fingerprint density at radius 3 is 2.64 bits per heavy atom. The number of methoxy groups -OCH3 is 1. The molecule has 1 aliphatic rings. The minimum absolute atomic E-state index is 0. The molecule has 126 valence electrons. The second kappa shape index (κ2) is 10.7. The number of hydrogen-bond acceptors (Lipinski definition) is 4. The van der Waals surface area contributed by atoms with Crippen LogP contribution in [-0.2, 0) is 0 Å². The van der Waals surface area contributed by atoms with Gasteiger partial charge in [-0.25, -0.2) is 0 Å². The number of rotatable bonds is 6. The summed E-state index contributed by atoms with van der Waals surface area (Å²) in [5, 5.41) is 13.8. The van der Waals surface area contributed by atoms with E-state index in [9.17, 15) is 5.11 Å². The number of halogens is 2. The Kier molecular flexibility index (Phi) is 10.3. The lowest BCUT2D eigenvalue weighted by Crippen LogP contribution is -2.45. The number of aromatic hydroxyl groups is 1. The topological polar surface area (TPSA) is 44.7 Å². The van der Waals surface area contributed by atoms with E-state index in [2.05, 4.69) is 16.8 Å². The molecule has 0 aromatic heterocycles. The number of phenols is 1. The van der Waals surface area contributed by atoms with Crippen molar-refractivity contribution in [3.8, 4) is 11.5 Å². The van der Waals surface area contributed by atoms with E-state index in [4.69, 9.17) is 4.74 Å². The van der Waals surface area contributed by atoms with Crippen LogP contribution >= 0.6 is 24.8 Å². The first-order valence-corrected chi connectivity index (χ1v) is 7.19. The number of nitrogens with one attached hydrogen (secondary N) is 1. The Bertz CT molecular complexity index is 452. The van der Waals surface area contributed by atoms with Crippen molar-refractivity contribution in [3.63, 3.8) is 0 Å². The van der Waals surface area contributed by atoms with Crippen LogP contribution in [-0.4, -0.2) is 43.3 Å². The molecule has 6 heteroatoms. The molecule has 2 rings (SSSR count). The van der Waals surface area contributed by atoms with Gasteiger partial charge in [-0.2, -0.15) is 0 Å². The van der Waals surface area contributed by atoms with Crippen LogP contribution in [0.4, 0.5) is 0 Å². The first kappa shape index (κ1) is 21.1. The van der Waals surface area contributed by atoms with Crippen LogP contribution in [0, 0.1) is 0 Å². The molecule has 1 aromatic rings. The minimum atomic E-state index is 0. The predicted molar refractivity (Wildman–Crippen MR) is 95.8 cm³/mol. The average Bonchev–Trinajstić information content (AvgIpc) is 2.50. The molecule has 0 bridgehead atoms. The summed E-state index contributed by atoms with van der Waals surface area (Å²) in [7, 11) is 1.59. The van der Waals surface area contributed by atoms with E-state index in [1.807, 2.05) is 18.2 Å². The van der Waals surface area contributed by atoms with E-state index in [0.29, 0.717) is 5.75 Å². The molecular formula is C16H26Cl2N2O2. The van der Waals surface area contributed by atoms with Gasteiger partial charge in [0.1, 0.15) is 0 Å². The SMILES string of the molecule is C=CCC[C@@H](c1cccc(OC)c1O)N1CCNCC1.Cl.Cl. The molecule has 1 aliphatic heterocycles. The van der Waals surface area contributed by atoms with Crippen LogP contribution in [0.2, 0.25) is 0 Å². The third-order valence-corrected chi connectivity index (χ3v) is 3.85. The lowest BCUT2D eigenvalue weighted by Gasteiger charge is -2.35. The van der Waals surface area contributed by atoms with Gasteiger partial charge in [0.2, 0.25) is 0 Å². The molecule has 1 aromatic carbocycles. The zero-order valence-corrected chi connectivity index (χ0v) is 14.6. The maximum absolute atomic E-state index is 10.4. The number of benzene rings is 1. The molecule has 0 radical (unpaired) electrons. The Labute approximate surface area is 145 Å². The van der Waals surface area contributed by atoms with Crippen LogP contribution in [0.15, 0.2) is 30.9 Å². The number of ether oxygens (including phenoxy) is 1. The first-order chi connectivity index (χ1) is 9.77. The predicted octanol–water partition coefficient (Wildman–Crippen LogP) is 3.16. The molecule has 1 heterocycles. The molecule has 0 amide bonds. The van der Waals surface area contributed by atoms with Gasteiger partial charge in [0.15, 0.2) is 11.5 Å². The van der Waals surface area contributed by atoms with Crippen molar-refractivity contribution in [2.75, 3.05) is 33.3 Å². The number of piperazine rings is 1. The van der Waals surface area contributed by atoms with Crippen molar-refractivity contribution in [3.05, 3.63) is 36.4 Å². The molecule has 1 fully saturated rings. The van der Waals surface area contributed by atoms with E-state index in [0.717, 1.165) is 44.6 Å². The Morgan fingerprint density at radius 2 is 2.05 bits per heavy atom. The maximum Gasteiger partial charge on any atom is 0.162 e. The third-order valence-electron chi connectivity index (χ3n) is 3.85. The quantitative estimate of drug-likeness (QED) is 0.775. The van der Waals surface area contributed by atoms with Gasteiger partial charge in [0.05, 0.1) is 7.11 Å². The lowest BCUT2D eigenvalue weighted by atomic mass is 9.98. The van der Waals surface area contributed by atoms with E-state index in [-0.39, 0.29) is 36.6 Å². The average molecular weight is 349 g/mol. The van der Waals surface area contributed by atoms with Crippen LogP contribution in [0.25, 0.3) is 0 Å². The monoisotopic (exact) mass is 348 g/mol. The molecule has 1 saturated heterocycles. The summed E-state index contributed by atoms with van der Waals surface area (Å²) in [5.74, 6) is 0.809. The number of allylic oxidation sites excluding steroid dienone is 1. The maximum atomic E-state index is 10.4. The lowest BCUT2D eigenvalue weighted by molar-refractivity contribution is 0.163. The summed E-state index contributed by atoms with van der Waals surface area (Å²) in [6.07, 6.45) is 3.84. The fraction of sp³-hybridized carbons (Fsp3) is 0.500. The minimum Gasteiger partial charge on any atom is -0.504 e. The van der Waals surface area contributed by atoms with E-state index in [1.165, 1.54) is 0 Å². The highest BCUT2D eigenvalue weighted by atomic mass is 35.5. The number of nitrogens with zero attached hydrogens (tertiary/aromatic N) is 1. The molecule has 0 unspecified atom stereocenters. The van der Waals surface area contributed by atoms with Crippen molar-refractivity contribution in [1.82, 2.24) is 10.2 Å². The second-order valence-electron chi connectivity index (χ2n) is 5.07. The zero-order chi connectivity index (χ0) is 14.4. The van der Waals surface area contributed by atoms with Crippen LogP contribution < -0.4 is 10.1 Å². The Hall–Kier alpha value is -0.940. The largest absolute Gasteiger partial charge is 0.504 e. The zero-order valence-electron chi connectivity index (χ0n) is 13.0.